The fourth-order valence-corrected chi connectivity index (χ4v) is 3.88. The summed E-state index contributed by atoms with van der Waals surface area (Å²) >= 11 is 0. The Morgan fingerprint density at radius 2 is 2.23 bits per heavy atom. The lowest BCUT2D eigenvalue weighted by Crippen LogP contribution is -2.59. The first-order valence-electron chi connectivity index (χ1n) is 8.31. The van der Waals surface area contributed by atoms with E-state index in [1.807, 2.05) is 24.3 Å². The number of hydrogen-bond donors (Lipinski definition) is 2. The van der Waals surface area contributed by atoms with Crippen molar-refractivity contribution in [2.45, 2.75) is 37.4 Å². The molecule has 4 rings (SSSR count). The number of carbonyl (C=O) groups is 1. The van der Waals surface area contributed by atoms with Crippen molar-refractivity contribution in [2.75, 3.05) is 26.2 Å². The minimum absolute atomic E-state index is 0.0653. The van der Waals surface area contributed by atoms with Crippen molar-refractivity contribution in [1.82, 2.24) is 15.5 Å². The minimum atomic E-state index is -0.0932. The van der Waals surface area contributed by atoms with Gasteiger partial charge in [0, 0.05) is 31.1 Å². The number of nitrogens with one attached hydrogen (secondary N) is 2. The summed E-state index contributed by atoms with van der Waals surface area (Å²) in [6.45, 7) is 3.56. The molecule has 5 nitrogen and oxygen atoms in total. The van der Waals surface area contributed by atoms with E-state index in [0.717, 1.165) is 37.4 Å². The lowest BCUT2D eigenvalue weighted by atomic mass is 10.00. The van der Waals surface area contributed by atoms with Gasteiger partial charge in [-0.2, -0.15) is 0 Å². The number of nitrogens with zero attached hydrogens (tertiary/aromatic N) is 1. The van der Waals surface area contributed by atoms with E-state index in [1.54, 1.807) is 0 Å². The Kier molecular flexibility index (Phi) is 3.76. The predicted molar refractivity (Wildman–Crippen MR) is 83.8 cm³/mol. The molecule has 1 aromatic carbocycles. The average molecular weight is 301 g/mol. The van der Waals surface area contributed by atoms with E-state index in [2.05, 4.69) is 15.5 Å². The average Bonchev–Trinajstić information content (AvgIpc) is 3.02. The van der Waals surface area contributed by atoms with Crippen molar-refractivity contribution in [3.8, 4) is 5.75 Å². The van der Waals surface area contributed by atoms with Gasteiger partial charge in [-0.05, 0) is 25.5 Å². The fourth-order valence-electron chi connectivity index (χ4n) is 3.88. The largest absolute Gasteiger partial charge is 0.493 e. The second kappa shape index (κ2) is 5.89. The van der Waals surface area contributed by atoms with Gasteiger partial charge in [-0.15, -0.1) is 0 Å². The number of carbonyl (C=O) groups excluding carboxylic acids is 1. The van der Waals surface area contributed by atoms with Crippen LogP contribution in [-0.2, 0) is 4.79 Å². The van der Waals surface area contributed by atoms with Gasteiger partial charge in [-0.25, -0.2) is 0 Å². The molecular weight excluding hydrogens is 278 g/mol. The molecule has 2 N–H and O–H groups in total. The van der Waals surface area contributed by atoms with Gasteiger partial charge in [0.15, 0.2) is 0 Å². The molecule has 0 radical (unpaired) electrons. The molecule has 2 fully saturated rings. The number of para-hydroxylation sites is 1. The first-order chi connectivity index (χ1) is 10.8. The van der Waals surface area contributed by atoms with Crippen LogP contribution in [0.25, 0.3) is 0 Å². The molecule has 118 valence electrons. The molecule has 0 saturated carbocycles. The van der Waals surface area contributed by atoms with Crippen LogP contribution in [0.4, 0.5) is 0 Å². The van der Waals surface area contributed by atoms with Crippen LogP contribution in [-0.4, -0.2) is 49.1 Å². The first-order valence-corrected chi connectivity index (χ1v) is 8.31. The Labute approximate surface area is 131 Å². The van der Waals surface area contributed by atoms with Crippen LogP contribution in [0, 0.1) is 0 Å². The van der Waals surface area contributed by atoms with E-state index in [-0.39, 0.29) is 18.0 Å². The Morgan fingerprint density at radius 1 is 1.32 bits per heavy atom. The first kappa shape index (κ1) is 14.0. The lowest BCUT2D eigenvalue weighted by Gasteiger charge is -2.36. The van der Waals surface area contributed by atoms with Crippen molar-refractivity contribution in [3.63, 3.8) is 0 Å². The van der Waals surface area contributed by atoms with Gasteiger partial charge in [0.05, 0.1) is 18.7 Å². The van der Waals surface area contributed by atoms with E-state index in [4.69, 9.17) is 4.74 Å². The maximum Gasteiger partial charge on any atom is 0.238 e. The number of rotatable bonds is 2. The fraction of sp³-hybridized carbons (Fsp3) is 0.588. The van der Waals surface area contributed by atoms with E-state index >= 15 is 0 Å². The predicted octanol–water partition coefficient (Wildman–Crippen LogP) is 1.06. The van der Waals surface area contributed by atoms with Gasteiger partial charge in [0.1, 0.15) is 5.75 Å². The molecule has 5 heteroatoms. The number of ether oxygens (including phenoxy) is 1. The number of benzene rings is 1. The van der Waals surface area contributed by atoms with Gasteiger partial charge in [-0.1, -0.05) is 18.2 Å². The van der Waals surface area contributed by atoms with Crippen LogP contribution < -0.4 is 15.4 Å². The number of fused-ring (bicyclic) bond motifs is 2. The zero-order valence-corrected chi connectivity index (χ0v) is 12.8. The number of amides is 1. The summed E-state index contributed by atoms with van der Waals surface area (Å²) in [7, 11) is 0. The summed E-state index contributed by atoms with van der Waals surface area (Å²) in [6.07, 6.45) is 3.35. The highest BCUT2D eigenvalue weighted by atomic mass is 16.5. The molecule has 0 aliphatic carbocycles. The van der Waals surface area contributed by atoms with Crippen molar-refractivity contribution >= 4 is 5.91 Å². The summed E-state index contributed by atoms with van der Waals surface area (Å²) < 4.78 is 5.66. The van der Waals surface area contributed by atoms with Crippen molar-refractivity contribution < 1.29 is 9.53 Å². The van der Waals surface area contributed by atoms with Crippen LogP contribution >= 0.6 is 0 Å². The van der Waals surface area contributed by atoms with Gasteiger partial charge in [-0.3, -0.25) is 9.69 Å². The quantitative estimate of drug-likeness (QED) is 0.858. The van der Waals surface area contributed by atoms with Crippen molar-refractivity contribution in [1.29, 1.82) is 0 Å². The molecule has 1 amide bonds. The maximum atomic E-state index is 12.6. The summed E-state index contributed by atoms with van der Waals surface area (Å²) in [6, 6.07) is 8.60. The Bertz CT molecular complexity index is 563. The van der Waals surface area contributed by atoms with Crippen LogP contribution in [0.2, 0.25) is 0 Å². The second-order valence-corrected chi connectivity index (χ2v) is 6.49. The zero-order chi connectivity index (χ0) is 14.9. The Hall–Kier alpha value is -1.59. The van der Waals surface area contributed by atoms with Gasteiger partial charge in [0.25, 0.3) is 0 Å². The highest BCUT2D eigenvalue weighted by Crippen LogP contribution is 2.31. The minimum Gasteiger partial charge on any atom is -0.493 e. The summed E-state index contributed by atoms with van der Waals surface area (Å²) in [5, 5.41) is 6.64. The summed E-state index contributed by atoms with van der Waals surface area (Å²) in [5.74, 6) is 1.02. The molecule has 0 aromatic heterocycles. The lowest BCUT2D eigenvalue weighted by molar-refractivity contribution is -0.125. The molecular formula is C17H23N3O2. The van der Waals surface area contributed by atoms with E-state index in [1.165, 1.54) is 12.8 Å². The molecule has 3 atom stereocenters. The van der Waals surface area contributed by atoms with Crippen LogP contribution in [0.15, 0.2) is 24.3 Å². The Balaban J connectivity index is 1.42. The van der Waals surface area contributed by atoms with Crippen molar-refractivity contribution in [2.24, 2.45) is 0 Å². The van der Waals surface area contributed by atoms with Crippen molar-refractivity contribution in [3.05, 3.63) is 29.8 Å². The zero-order valence-electron chi connectivity index (χ0n) is 12.8. The van der Waals surface area contributed by atoms with E-state index in [9.17, 15) is 4.79 Å². The number of hydrogen-bond acceptors (Lipinski definition) is 4. The third-order valence-corrected chi connectivity index (χ3v) is 5.11. The van der Waals surface area contributed by atoms with Crippen LogP contribution in [0.1, 0.15) is 30.9 Å². The van der Waals surface area contributed by atoms with E-state index < -0.39 is 0 Å². The highest BCUT2D eigenvalue weighted by molar-refractivity contribution is 5.82. The molecule has 0 spiro atoms. The molecule has 3 aliphatic heterocycles. The topological polar surface area (TPSA) is 53.6 Å². The molecule has 0 unspecified atom stereocenters. The molecule has 1 aromatic rings. The molecule has 2 saturated heterocycles. The van der Waals surface area contributed by atoms with Gasteiger partial charge in [0.2, 0.25) is 5.91 Å². The van der Waals surface area contributed by atoms with Crippen LogP contribution in [0.5, 0.6) is 5.75 Å². The smallest absolute Gasteiger partial charge is 0.238 e. The van der Waals surface area contributed by atoms with Crippen LogP contribution in [0.3, 0.4) is 0 Å². The highest BCUT2D eigenvalue weighted by Gasteiger charge is 2.35. The summed E-state index contributed by atoms with van der Waals surface area (Å²) in [4.78, 5) is 15.1. The third-order valence-electron chi connectivity index (χ3n) is 5.11. The Morgan fingerprint density at radius 3 is 3.18 bits per heavy atom. The van der Waals surface area contributed by atoms with Gasteiger partial charge >= 0.3 is 0 Å². The maximum absolute atomic E-state index is 12.6. The normalized spacial score (nSPS) is 31.0. The summed E-state index contributed by atoms with van der Waals surface area (Å²) in [5.41, 5.74) is 1.09. The van der Waals surface area contributed by atoms with E-state index in [0.29, 0.717) is 12.6 Å². The molecule has 3 heterocycles. The molecule has 22 heavy (non-hydrogen) atoms. The third kappa shape index (κ3) is 2.59. The second-order valence-electron chi connectivity index (χ2n) is 6.49. The number of piperazine rings is 1. The monoisotopic (exact) mass is 301 g/mol. The SMILES string of the molecule is O=C(N[C@@H]1CCOc2ccccc21)[C@@H]1CN2CCC[C@H]2CN1. The molecule has 0 bridgehead atoms. The van der Waals surface area contributed by atoms with Gasteiger partial charge < -0.3 is 15.4 Å². The molecule has 3 aliphatic rings. The standard InChI is InChI=1S/C17H23N3O2/c21-17(15-11-20-8-3-4-12(20)10-18-15)19-14-7-9-22-16-6-2-1-5-13(14)16/h1-2,5-6,12,14-15,18H,3-4,7-11H2,(H,19,21)/t12-,14+,15-/m0/s1.